The number of urea groups is 1. The van der Waals surface area contributed by atoms with Crippen LogP contribution in [0.15, 0.2) is 0 Å². The van der Waals surface area contributed by atoms with E-state index in [-0.39, 0.29) is 23.9 Å². The second-order valence-corrected chi connectivity index (χ2v) is 6.85. The molecule has 1 aliphatic heterocycles. The summed E-state index contributed by atoms with van der Waals surface area (Å²) in [6, 6.07) is -0.536. The van der Waals surface area contributed by atoms with E-state index in [0.717, 1.165) is 19.4 Å². The average Bonchev–Trinajstić information content (AvgIpc) is 2.37. The lowest BCUT2D eigenvalue weighted by molar-refractivity contribution is -0.138. The molecule has 0 aromatic rings. The first-order chi connectivity index (χ1) is 9.74. The second-order valence-electron chi connectivity index (χ2n) is 6.85. The Kier molecular flexibility index (Phi) is 6.45. The Balaban J connectivity index is 2.53. The van der Waals surface area contributed by atoms with Gasteiger partial charge in [0, 0.05) is 32.8 Å². The summed E-state index contributed by atoms with van der Waals surface area (Å²) in [6.07, 6.45) is 1.80. The molecule has 1 rings (SSSR count). The Hall–Kier alpha value is -1.30. The van der Waals surface area contributed by atoms with Gasteiger partial charge in [0.15, 0.2) is 0 Å². The van der Waals surface area contributed by atoms with E-state index in [0.29, 0.717) is 19.0 Å². The van der Waals surface area contributed by atoms with E-state index in [1.807, 2.05) is 20.8 Å². The van der Waals surface area contributed by atoms with E-state index < -0.39 is 5.97 Å². The number of carbonyl (C=O) groups is 2. The Bertz CT molecular complexity index is 357. The first kappa shape index (κ1) is 17.8. The number of carbonyl (C=O) groups excluding carboxylic acids is 1. The molecule has 1 heterocycles. The quantitative estimate of drug-likeness (QED) is 0.813. The van der Waals surface area contributed by atoms with Crippen LogP contribution in [0.4, 0.5) is 4.79 Å². The maximum atomic E-state index is 12.3. The number of nitrogens with zero attached hydrogens (tertiary/aromatic N) is 1. The largest absolute Gasteiger partial charge is 0.481 e. The number of amides is 2. The van der Waals surface area contributed by atoms with Gasteiger partial charge >= 0.3 is 12.0 Å². The first-order valence-corrected chi connectivity index (χ1v) is 7.50. The number of ether oxygens (including phenoxy) is 1. The molecule has 0 saturated carbocycles. The topological polar surface area (TPSA) is 78.9 Å². The van der Waals surface area contributed by atoms with Crippen molar-refractivity contribution in [1.29, 1.82) is 0 Å². The maximum absolute atomic E-state index is 12.3. The summed E-state index contributed by atoms with van der Waals surface area (Å²) >= 11 is 0. The van der Waals surface area contributed by atoms with Crippen molar-refractivity contribution in [1.82, 2.24) is 10.2 Å². The standard InChI is InChI=1S/C15H28N2O4/c1-15(2,3)12(9-13(18)19)16-14(20)17-7-5-11(6-8-17)10-21-4/h11-12H,5-10H2,1-4H3,(H,16,20)(H,18,19). The van der Waals surface area contributed by atoms with Gasteiger partial charge in [0.2, 0.25) is 0 Å². The van der Waals surface area contributed by atoms with E-state index in [1.165, 1.54) is 0 Å². The van der Waals surface area contributed by atoms with E-state index in [9.17, 15) is 9.59 Å². The smallest absolute Gasteiger partial charge is 0.317 e. The molecule has 1 unspecified atom stereocenters. The van der Waals surface area contributed by atoms with Crippen LogP contribution in [0.25, 0.3) is 0 Å². The third-order valence-electron chi connectivity index (χ3n) is 4.03. The van der Waals surface area contributed by atoms with Gasteiger partial charge in [-0.05, 0) is 24.2 Å². The third kappa shape index (κ3) is 5.91. The van der Waals surface area contributed by atoms with Crippen molar-refractivity contribution in [2.24, 2.45) is 11.3 Å². The molecule has 2 amide bonds. The van der Waals surface area contributed by atoms with Crippen molar-refractivity contribution < 1.29 is 19.4 Å². The van der Waals surface area contributed by atoms with Gasteiger partial charge in [0.25, 0.3) is 0 Å². The molecule has 0 aliphatic carbocycles. The normalized spacial score (nSPS) is 18.4. The average molecular weight is 300 g/mol. The summed E-state index contributed by atoms with van der Waals surface area (Å²) < 4.78 is 5.15. The Morgan fingerprint density at radius 2 is 1.90 bits per heavy atom. The fraction of sp³-hybridized carbons (Fsp3) is 0.867. The van der Waals surface area contributed by atoms with Crippen LogP contribution in [0.3, 0.4) is 0 Å². The van der Waals surface area contributed by atoms with Gasteiger partial charge in [-0.15, -0.1) is 0 Å². The number of hydrogen-bond donors (Lipinski definition) is 2. The predicted octanol–water partition coefficient (Wildman–Crippen LogP) is 1.94. The van der Waals surface area contributed by atoms with Crippen LogP contribution in [0, 0.1) is 11.3 Å². The van der Waals surface area contributed by atoms with Crippen molar-refractivity contribution in [2.75, 3.05) is 26.8 Å². The van der Waals surface area contributed by atoms with Crippen LogP contribution in [0.1, 0.15) is 40.0 Å². The number of rotatable bonds is 5. The van der Waals surface area contributed by atoms with Gasteiger partial charge in [0.05, 0.1) is 6.42 Å². The van der Waals surface area contributed by atoms with Crippen LogP contribution in [-0.4, -0.2) is 54.9 Å². The highest BCUT2D eigenvalue weighted by Crippen LogP contribution is 2.23. The Morgan fingerprint density at radius 3 is 2.33 bits per heavy atom. The molecule has 1 atom stereocenters. The first-order valence-electron chi connectivity index (χ1n) is 7.50. The molecule has 6 heteroatoms. The van der Waals surface area contributed by atoms with E-state index in [2.05, 4.69) is 5.32 Å². The molecule has 0 spiro atoms. The predicted molar refractivity (Wildman–Crippen MR) is 80.2 cm³/mol. The van der Waals surface area contributed by atoms with Crippen LogP contribution < -0.4 is 5.32 Å². The fourth-order valence-electron chi connectivity index (χ4n) is 2.53. The zero-order valence-corrected chi connectivity index (χ0v) is 13.5. The van der Waals surface area contributed by atoms with Gasteiger partial charge < -0.3 is 20.1 Å². The summed E-state index contributed by atoms with van der Waals surface area (Å²) in [7, 11) is 1.69. The lowest BCUT2D eigenvalue weighted by atomic mass is 9.85. The van der Waals surface area contributed by atoms with E-state index in [1.54, 1.807) is 12.0 Å². The molecule has 0 radical (unpaired) electrons. The minimum atomic E-state index is -0.894. The number of aliphatic carboxylic acids is 1. The highest BCUT2D eigenvalue weighted by Gasteiger charge is 2.31. The van der Waals surface area contributed by atoms with E-state index >= 15 is 0 Å². The number of carboxylic acids is 1. The number of methoxy groups -OCH3 is 1. The molecular formula is C15H28N2O4. The molecule has 0 aromatic heterocycles. The minimum Gasteiger partial charge on any atom is -0.481 e. The number of nitrogens with one attached hydrogen (secondary N) is 1. The molecule has 0 aromatic carbocycles. The summed E-state index contributed by atoms with van der Waals surface area (Å²) in [6.45, 7) is 7.94. The van der Waals surface area contributed by atoms with Crippen molar-refractivity contribution in [3.05, 3.63) is 0 Å². The van der Waals surface area contributed by atoms with Crippen molar-refractivity contribution in [2.45, 2.75) is 46.1 Å². The molecule has 1 fully saturated rings. The summed E-state index contributed by atoms with van der Waals surface area (Å²) in [5.41, 5.74) is -0.289. The zero-order chi connectivity index (χ0) is 16.0. The monoisotopic (exact) mass is 300 g/mol. The number of likely N-dealkylation sites (tertiary alicyclic amines) is 1. The maximum Gasteiger partial charge on any atom is 0.317 e. The molecular weight excluding hydrogens is 272 g/mol. The molecule has 6 nitrogen and oxygen atoms in total. The lowest BCUT2D eigenvalue weighted by Gasteiger charge is -2.36. The molecule has 1 saturated heterocycles. The molecule has 0 bridgehead atoms. The van der Waals surface area contributed by atoms with Crippen LogP contribution in [0.5, 0.6) is 0 Å². The molecule has 122 valence electrons. The number of piperidine rings is 1. The molecule has 21 heavy (non-hydrogen) atoms. The van der Waals surface area contributed by atoms with Gasteiger partial charge in [-0.25, -0.2) is 4.79 Å². The van der Waals surface area contributed by atoms with Crippen molar-refractivity contribution in [3.63, 3.8) is 0 Å². The summed E-state index contributed by atoms with van der Waals surface area (Å²) in [5.74, 6) is -0.384. The minimum absolute atomic E-state index is 0.0601. The lowest BCUT2D eigenvalue weighted by Crippen LogP contribution is -2.52. The van der Waals surface area contributed by atoms with Crippen LogP contribution >= 0.6 is 0 Å². The van der Waals surface area contributed by atoms with Crippen molar-refractivity contribution >= 4 is 12.0 Å². The van der Waals surface area contributed by atoms with Gasteiger partial charge in [-0.3, -0.25) is 4.79 Å². The Morgan fingerprint density at radius 1 is 1.33 bits per heavy atom. The fourth-order valence-corrected chi connectivity index (χ4v) is 2.53. The molecule has 2 N–H and O–H groups in total. The summed E-state index contributed by atoms with van der Waals surface area (Å²) in [5, 5.41) is 11.9. The highest BCUT2D eigenvalue weighted by atomic mass is 16.5. The zero-order valence-electron chi connectivity index (χ0n) is 13.5. The van der Waals surface area contributed by atoms with Gasteiger partial charge in [0.1, 0.15) is 0 Å². The highest BCUT2D eigenvalue weighted by molar-refractivity contribution is 5.76. The van der Waals surface area contributed by atoms with Crippen LogP contribution in [0.2, 0.25) is 0 Å². The van der Waals surface area contributed by atoms with Gasteiger partial charge in [-0.2, -0.15) is 0 Å². The number of hydrogen-bond acceptors (Lipinski definition) is 3. The summed E-state index contributed by atoms with van der Waals surface area (Å²) in [4.78, 5) is 25.0. The SMILES string of the molecule is COCC1CCN(C(=O)NC(CC(=O)O)C(C)(C)C)CC1. The van der Waals surface area contributed by atoms with E-state index in [4.69, 9.17) is 9.84 Å². The third-order valence-corrected chi connectivity index (χ3v) is 4.03. The second kappa shape index (κ2) is 7.64. The number of carboxylic acid groups (broad SMARTS) is 1. The van der Waals surface area contributed by atoms with Crippen molar-refractivity contribution in [3.8, 4) is 0 Å². The molecule has 1 aliphatic rings. The van der Waals surface area contributed by atoms with Crippen LogP contribution in [-0.2, 0) is 9.53 Å². The van der Waals surface area contributed by atoms with Gasteiger partial charge in [-0.1, -0.05) is 20.8 Å². The Labute approximate surface area is 126 Å².